The minimum atomic E-state index is 0.229. The Bertz CT molecular complexity index is 1030. The van der Waals surface area contributed by atoms with Crippen LogP contribution < -0.4 is 4.90 Å². The van der Waals surface area contributed by atoms with Crippen LogP contribution in [0.5, 0.6) is 0 Å². The molecule has 1 aromatic carbocycles. The van der Waals surface area contributed by atoms with Gasteiger partial charge in [-0.1, -0.05) is 17.7 Å². The summed E-state index contributed by atoms with van der Waals surface area (Å²) in [5, 5.41) is 13.3. The van der Waals surface area contributed by atoms with E-state index in [9.17, 15) is 0 Å². The average molecular weight is 429 g/mol. The van der Waals surface area contributed by atoms with Gasteiger partial charge in [0.25, 0.3) is 0 Å². The highest BCUT2D eigenvalue weighted by atomic mass is 35.5. The summed E-state index contributed by atoms with van der Waals surface area (Å²) < 4.78 is 0. The van der Waals surface area contributed by atoms with Crippen molar-refractivity contribution in [1.82, 2.24) is 14.9 Å². The maximum Gasteiger partial charge on any atom is 0.127 e. The Morgan fingerprint density at radius 3 is 2.72 bits per heavy atom. The zero-order valence-electron chi connectivity index (χ0n) is 16.5. The quantitative estimate of drug-likeness (QED) is 0.664. The van der Waals surface area contributed by atoms with Crippen LogP contribution in [-0.4, -0.2) is 59.3 Å². The molecule has 2 atom stereocenters. The zero-order chi connectivity index (χ0) is 20.0. The van der Waals surface area contributed by atoms with Crippen LogP contribution in [0, 0.1) is 6.92 Å². The second kappa shape index (κ2) is 7.84. The fourth-order valence-corrected chi connectivity index (χ4v) is 5.63. The fraction of sp³-hybridized carbons (Fsp3) is 0.455. The van der Waals surface area contributed by atoms with Gasteiger partial charge < -0.3 is 10.0 Å². The zero-order valence-corrected chi connectivity index (χ0v) is 18.1. The summed E-state index contributed by atoms with van der Waals surface area (Å²) in [5.41, 5.74) is 3.61. The molecule has 0 bridgehead atoms. The van der Waals surface area contributed by atoms with Crippen molar-refractivity contribution < 1.29 is 5.11 Å². The minimum Gasteiger partial charge on any atom is -0.395 e. The Morgan fingerprint density at radius 1 is 1.14 bits per heavy atom. The molecule has 1 saturated heterocycles. The largest absolute Gasteiger partial charge is 0.395 e. The molecule has 2 unspecified atom stereocenters. The molecule has 2 fully saturated rings. The SMILES string of the molecule is Cc1nc(C2CC2c2ccc(N3CCN(CCO)CC3)cc2Cl)c2ccsc2n1. The molecule has 1 aliphatic carbocycles. The number of β-amino-alcohol motifs (C(OH)–C–C–N with tert-alkyl or cyclic N) is 1. The number of anilines is 1. The molecule has 1 aliphatic heterocycles. The number of thiophene rings is 1. The lowest BCUT2D eigenvalue weighted by atomic mass is 10.1. The lowest BCUT2D eigenvalue weighted by Gasteiger charge is -2.36. The lowest BCUT2D eigenvalue weighted by molar-refractivity contribution is 0.189. The topological polar surface area (TPSA) is 52.5 Å². The molecule has 0 spiro atoms. The maximum atomic E-state index is 9.11. The van der Waals surface area contributed by atoms with Gasteiger partial charge in [0.2, 0.25) is 0 Å². The van der Waals surface area contributed by atoms with E-state index >= 15 is 0 Å². The van der Waals surface area contributed by atoms with E-state index in [4.69, 9.17) is 21.7 Å². The number of aromatic nitrogens is 2. The first-order valence-corrected chi connectivity index (χ1v) is 11.5. The first-order valence-electron chi connectivity index (χ1n) is 10.2. The van der Waals surface area contributed by atoms with E-state index in [1.807, 2.05) is 6.92 Å². The summed E-state index contributed by atoms with van der Waals surface area (Å²) >= 11 is 8.42. The highest BCUT2D eigenvalue weighted by Gasteiger charge is 2.43. The summed E-state index contributed by atoms with van der Waals surface area (Å²) in [7, 11) is 0. The molecule has 7 heteroatoms. The highest BCUT2D eigenvalue weighted by molar-refractivity contribution is 7.16. The van der Waals surface area contributed by atoms with Crippen LogP contribution in [0.15, 0.2) is 29.6 Å². The van der Waals surface area contributed by atoms with E-state index in [2.05, 4.69) is 44.4 Å². The number of aliphatic hydroxyl groups excluding tert-OH is 1. The fourth-order valence-electron chi connectivity index (χ4n) is 4.50. The summed E-state index contributed by atoms with van der Waals surface area (Å²) in [5.74, 6) is 1.72. The van der Waals surface area contributed by atoms with Gasteiger partial charge in [-0.25, -0.2) is 9.97 Å². The van der Waals surface area contributed by atoms with Gasteiger partial charge >= 0.3 is 0 Å². The summed E-state index contributed by atoms with van der Waals surface area (Å²) in [6.07, 6.45) is 1.10. The molecule has 152 valence electrons. The monoisotopic (exact) mass is 428 g/mol. The number of rotatable bonds is 5. The number of piperazine rings is 1. The van der Waals surface area contributed by atoms with E-state index < -0.39 is 0 Å². The Labute approximate surface area is 180 Å². The number of benzene rings is 1. The van der Waals surface area contributed by atoms with Crippen LogP contribution in [0.3, 0.4) is 0 Å². The third-order valence-corrected chi connectivity index (χ3v) is 7.28. The third kappa shape index (κ3) is 3.75. The first kappa shape index (κ1) is 19.2. The van der Waals surface area contributed by atoms with E-state index in [-0.39, 0.29) is 6.61 Å². The number of aryl methyl sites for hydroxylation is 1. The molecule has 5 rings (SSSR count). The predicted molar refractivity (Wildman–Crippen MR) is 119 cm³/mol. The van der Waals surface area contributed by atoms with Crippen molar-refractivity contribution in [1.29, 1.82) is 0 Å². The average Bonchev–Trinajstić information content (AvgIpc) is 3.36. The molecule has 3 aromatic rings. The molecule has 2 aromatic heterocycles. The van der Waals surface area contributed by atoms with Crippen molar-refractivity contribution in [2.75, 3.05) is 44.2 Å². The first-order chi connectivity index (χ1) is 14.1. The third-order valence-electron chi connectivity index (χ3n) is 6.15. The highest BCUT2D eigenvalue weighted by Crippen LogP contribution is 2.57. The molecule has 0 radical (unpaired) electrons. The molecular weight excluding hydrogens is 404 g/mol. The number of fused-ring (bicyclic) bond motifs is 1. The van der Waals surface area contributed by atoms with Crippen molar-refractivity contribution >= 4 is 38.8 Å². The van der Waals surface area contributed by atoms with Gasteiger partial charge in [0.05, 0.1) is 12.3 Å². The smallest absolute Gasteiger partial charge is 0.127 e. The van der Waals surface area contributed by atoms with E-state index in [1.165, 1.54) is 22.3 Å². The van der Waals surface area contributed by atoms with Crippen LogP contribution in [0.25, 0.3) is 10.2 Å². The van der Waals surface area contributed by atoms with Gasteiger partial charge in [-0.3, -0.25) is 4.90 Å². The van der Waals surface area contributed by atoms with Crippen molar-refractivity contribution in [2.45, 2.75) is 25.2 Å². The van der Waals surface area contributed by atoms with Gasteiger partial charge in [-0.05, 0) is 48.4 Å². The van der Waals surface area contributed by atoms with Gasteiger partial charge in [0.1, 0.15) is 10.7 Å². The van der Waals surface area contributed by atoms with Crippen LogP contribution >= 0.6 is 22.9 Å². The van der Waals surface area contributed by atoms with Crippen LogP contribution in [-0.2, 0) is 0 Å². The molecule has 2 aliphatic rings. The number of nitrogens with zero attached hydrogens (tertiary/aromatic N) is 4. The van der Waals surface area contributed by atoms with Crippen molar-refractivity contribution in [3.05, 3.63) is 51.7 Å². The van der Waals surface area contributed by atoms with Gasteiger partial charge in [0, 0.05) is 54.7 Å². The van der Waals surface area contributed by atoms with Gasteiger partial charge in [0.15, 0.2) is 0 Å². The molecule has 5 nitrogen and oxygen atoms in total. The van der Waals surface area contributed by atoms with Crippen molar-refractivity contribution in [3.63, 3.8) is 0 Å². The number of halogens is 1. The molecule has 1 saturated carbocycles. The van der Waals surface area contributed by atoms with E-state index in [0.717, 1.165) is 54.8 Å². The normalized spacial score (nSPS) is 22.4. The van der Waals surface area contributed by atoms with Crippen LogP contribution in [0.2, 0.25) is 5.02 Å². The summed E-state index contributed by atoms with van der Waals surface area (Å²) in [6, 6.07) is 8.69. The minimum absolute atomic E-state index is 0.229. The second-order valence-corrected chi connectivity index (χ2v) is 9.30. The molecule has 29 heavy (non-hydrogen) atoms. The number of hydrogen-bond donors (Lipinski definition) is 1. The summed E-state index contributed by atoms with van der Waals surface area (Å²) in [6.45, 7) is 6.87. The van der Waals surface area contributed by atoms with Gasteiger partial charge in [-0.15, -0.1) is 11.3 Å². The lowest BCUT2D eigenvalue weighted by Crippen LogP contribution is -2.47. The van der Waals surface area contributed by atoms with Crippen LogP contribution in [0.1, 0.15) is 35.3 Å². The van der Waals surface area contributed by atoms with Gasteiger partial charge in [-0.2, -0.15) is 0 Å². The summed E-state index contributed by atoms with van der Waals surface area (Å²) in [4.78, 5) is 15.1. The Balaban J connectivity index is 1.32. The Morgan fingerprint density at radius 2 is 1.97 bits per heavy atom. The number of aliphatic hydroxyl groups is 1. The Hall–Kier alpha value is -1.73. The molecule has 0 amide bonds. The molecular formula is C22H25ClN4OS. The molecule has 3 heterocycles. The van der Waals surface area contributed by atoms with Crippen molar-refractivity contribution in [2.24, 2.45) is 0 Å². The molecule has 1 N–H and O–H groups in total. The number of hydrogen-bond acceptors (Lipinski definition) is 6. The van der Waals surface area contributed by atoms with E-state index in [0.29, 0.717) is 11.8 Å². The van der Waals surface area contributed by atoms with Crippen molar-refractivity contribution in [3.8, 4) is 0 Å². The van der Waals surface area contributed by atoms with Crippen LogP contribution in [0.4, 0.5) is 5.69 Å². The second-order valence-electron chi connectivity index (χ2n) is 8.00. The maximum absolute atomic E-state index is 9.11. The Kier molecular flexibility index (Phi) is 5.20. The van der Waals surface area contributed by atoms with E-state index in [1.54, 1.807) is 11.3 Å². The predicted octanol–water partition coefficient (Wildman–Crippen LogP) is 4.04. The standard InChI is InChI=1S/C22H25ClN4OS/c1-14-24-21(17-4-11-29-22(17)25-14)19-13-18(19)16-3-2-15(12-20(16)23)27-7-5-26(6-8-27)9-10-28/h2-4,11-12,18-19,28H,5-10,13H2,1H3.